The van der Waals surface area contributed by atoms with E-state index in [2.05, 4.69) is 39.8 Å². The number of rotatable bonds is 4. The SMILES string of the molecule is O=C(O)C1CCC(c2nnc(-c3ccc(C4CCNCC4)cc3)s2)CC1. The van der Waals surface area contributed by atoms with Crippen molar-refractivity contribution in [2.24, 2.45) is 5.92 Å². The van der Waals surface area contributed by atoms with Crippen molar-refractivity contribution in [1.82, 2.24) is 15.5 Å². The van der Waals surface area contributed by atoms with Crippen LogP contribution in [0.4, 0.5) is 0 Å². The van der Waals surface area contributed by atoms with Crippen LogP contribution in [-0.2, 0) is 4.79 Å². The molecule has 2 aliphatic rings. The predicted molar refractivity (Wildman–Crippen MR) is 103 cm³/mol. The van der Waals surface area contributed by atoms with Crippen molar-refractivity contribution >= 4 is 17.3 Å². The molecule has 2 heterocycles. The number of piperidine rings is 1. The molecular weight excluding hydrogens is 346 g/mol. The Morgan fingerprint density at radius 1 is 0.962 bits per heavy atom. The second-order valence-electron chi connectivity index (χ2n) is 7.48. The first kappa shape index (κ1) is 17.6. The zero-order chi connectivity index (χ0) is 17.9. The molecule has 6 heteroatoms. The monoisotopic (exact) mass is 371 g/mol. The standard InChI is InChI=1S/C20H25N3O2S/c24-20(25)17-7-5-16(6-8-17)19-23-22-18(26-19)15-3-1-13(2-4-15)14-9-11-21-12-10-14/h1-4,14,16-17,21H,5-12H2,(H,24,25). The van der Waals surface area contributed by atoms with Gasteiger partial charge in [-0.05, 0) is 63.1 Å². The summed E-state index contributed by atoms with van der Waals surface area (Å²) in [5, 5.41) is 23.4. The molecule has 5 nitrogen and oxygen atoms in total. The minimum atomic E-state index is -0.657. The van der Waals surface area contributed by atoms with E-state index in [0.717, 1.165) is 54.4 Å². The Bertz CT molecular complexity index is 745. The summed E-state index contributed by atoms with van der Waals surface area (Å²) in [5.41, 5.74) is 2.55. The summed E-state index contributed by atoms with van der Waals surface area (Å²) in [6, 6.07) is 8.82. The molecule has 0 unspecified atom stereocenters. The molecule has 2 N–H and O–H groups in total. The molecule has 1 saturated heterocycles. The molecule has 1 aliphatic carbocycles. The largest absolute Gasteiger partial charge is 0.481 e. The van der Waals surface area contributed by atoms with Crippen molar-refractivity contribution in [2.75, 3.05) is 13.1 Å². The van der Waals surface area contributed by atoms with Gasteiger partial charge in [0.15, 0.2) is 0 Å². The van der Waals surface area contributed by atoms with Crippen molar-refractivity contribution in [3.8, 4) is 10.6 Å². The lowest BCUT2D eigenvalue weighted by Crippen LogP contribution is -2.26. The molecule has 0 spiro atoms. The highest BCUT2D eigenvalue weighted by Crippen LogP contribution is 2.38. The minimum Gasteiger partial charge on any atom is -0.481 e. The Kier molecular flexibility index (Phi) is 5.31. The summed E-state index contributed by atoms with van der Waals surface area (Å²) in [4.78, 5) is 11.1. The molecule has 0 radical (unpaired) electrons. The van der Waals surface area contributed by atoms with Crippen LogP contribution in [0.1, 0.15) is 60.9 Å². The van der Waals surface area contributed by atoms with E-state index in [1.54, 1.807) is 11.3 Å². The smallest absolute Gasteiger partial charge is 0.306 e. The molecule has 26 heavy (non-hydrogen) atoms. The number of nitrogens with one attached hydrogen (secondary N) is 1. The van der Waals surface area contributed by atoms with Crippen LogP contribution in [0.5, 0.6) is 0 Å². The van der Waals surface area contributed by atoms with Gasteiger partial charge in [0.1, 0.15) is 10.0 Å². The normalized spacial score (nSPS) is 24.5. The summed E-state index contributed by atoms with van der Waals surface area (Å²) in [7, 11) is 0. The molecule has 0 bridgehead atoms. The first-order chi connectivity index (χ1) is 12.7. The molecule has 1 aromatic carbocycles. The van der Waals surface area contributed by atoms with Gasteiger partial charge in [-0.1, -0.05) is 35.6 Å². The van der Waals surface area contributed by atoms with Gasteiger partial charge < -0.3 is 10.4 Å². The lowest BCUT2D eigenvalue weighted by molar-refractivity contribution is -0.142. The molecule has 1 aliphatic heterocycles. The van der Waals surface area contributed by atoms with Crippen LogP contribution < -0.4 is 5.32 Å². The number of carboxylic acid groups (broad SMARTS) is 1. The molecule has 4 rings (SSSR count). The van der Waals surface area contributed by atoms with Gasteiger partial charge in [0.25, 0.3) is 0 Å². The van der Waals surface area contributed by atoms with Crippen molar-refractivity contribution in [1.29, 1.82) is 0 Å². The van der Waals surface area contributed by atoms with Crippen molar-refractivity contribution in [2.45, 2.75) is 50.4 Å². The van der Waals surface area contributed by atoms with E-state index in [-0.39, 0.29) is 5.92 Å². The number of aromatic nitrogens is 2. The maximum Gasteiger partial charge on any atom is 0.306 e. The average molecular weight is 372 g/mol. The molecule has 138 valence electrons. The molecule has 0 amide bonds. The fourth-order valence-electron chi connectivity index (χ4n) is 4.16. The summed E-state index contributed by atoms with van der Waals surface area (Å²) in [6.45, 7) is 2.21. The molecule has 2 fully saturated rings. The number of benzene rings is 1. The maximum absolute atomic E-state index is 11.1. The van der Waals surface area contributed by atoms with Gasteiger partial charge in [0.05, 0.1) is 5.92 Å². The second kappa shape index (κ2) is 7.84. The van der Waals surface area contributed by atoms with Gasteiger partial charge in [0, 0.05) is 11.5 Å². The topological polar surface area (TPSA) is 75.1 Å². The van der Waals surface area contributed by atoms with E-state index >= 15 is 0 Å². The Morgan fingerprint density at radius 3 is 2.31 bits per heavy atom. The highest BCUT2D eigenvalue weighted by molar-refractivity contribution is 7.14. The predicted octanol–water partition coefficient (Wildman–Crippen LogP) is 4.03. The van der Waals surface area contributed by atoms with Gasteiger partial charge in [-0.3, -0.25) is 4.79 Å². The fraction of sp³-hybridized carbons (Fsp3) is 0.550. The molecule has 0 atom stereocenters. The number of hydrogen-bond donors (Lipinski definition) is 2. The van der Waals surface area contributed by atoms with Crippen molar-refractivity contribution in [3.05, 3.63) is 34.8 Å². The van der Waals surface area contributed by atoms with Crippen LogP contribution in [0.2, 0.25) is 0 Å². The Morgan fingerprint density at radius 2 is 1.65 bits per heavy atom. The summed E-state index contributed by atoms with van der Waals surface area (Å²) in [6.07, 6.45) is 5.73. The van der Waals surface area contributed by atoms with Crippen LogP contribution in [0, 0.1) is 5.92 Å². The van der Waals surface area contributed by atoms with Crippen molar-refractivity contribution < 1.29 is 9.90 Å². The van der Waals surface area contributed by atoms with Gasteiger partial charge in [-0.25, -0.2) is 0 Å². The van der Waals surface area contributed by atoms with E-state index in [4.69, 9.17) is 5.11 Å². The van der Waals surface area contributed by atoms with E-state index in [1.165, 1.54) is 18.4 Å². The first-order valence-corrected chi connectivity index (χ1v) is 10.4. The number of nitrogens with zero attached hydrogens (tertiary/aromatic N) is 2. The zero-order valence-corrected chi connectivity index (χ0v) is 15.7. The van der Waals surface area contributed by atoms with Crippen LogP contribution in [0.25, 0.3) is 10.6 Å². The first-order valence-electron chi connectivity index (χ1n) is 9.58. The van der Waals surface area contributed by atoms with E-state index in [0.29, 0.717) is 11.8 Å². The summed E-state index contributed by atoms with van der Waals surface area (Å²) in [5.74, 6) is 0.196. The quantitative estimate of drug-likeness (QED) is 0.849. The molecular formula is C20H25N3O2S. The summed E-state index contributed by atoms with van der Waals surface area (Å²) < 4.78 is 0. The number of hydrogen-bond acceptors (Lipinski definition) is 5. The Hall–Kier alpha value is -1.79. The van der Waals surface area contributed by atoms with E-state index < -0.39 is 5.97 Å². The lowest BCUT2D eigenvalue weighted by Gasteiger charge is -2.24. The van der Waals surface area contributed by atoms with E-state index in [1.807, 2.05) is 0 Å². The van der Waals surface area contributed by atoms with Crippen LogP contribution in [0.3, 0.4) is 0 Å². The van der Waals surface area contributed by atoms with E-state index in [9.17, 15) is 4.79 Å². The van der Waals surface area contributed by atoms with Gasteiger partial charge >= 0.3 is 5.97 Å². The minimum absolute atomic E-state index is 0.179. The third kappa shape index (κ3) is 3.81. The third-order valence-electron chi connectivity index (χ3n) is 5.83. The zero-order valence-electron chi connectivity index (χ0n) is 14.9. The van der Waals surface area contributed by atoms with Gasteiger partial charge in [0.2, 0.25) is 0 Å². The number of carboxylic acids is 1. The lowest BCUT2D eigenvalue weighted by atomic mass is 9.82. The number of aliphatic carboxylic acids is 1. The molecule has 1 saturated carbocycles. The maximum atomic E-state index is 11.1. The highest BCUT2D eigenvalue weighted by atomic mass is 32.1. The van der Waals surface area contributed by atoms with Crippen molar-refractivity contribution in [3.63, 3.8) is 0 Å². The van der Waals surface area contributed by atoms with Gasteiger partial charge in [-0.2, -0.15) is 0 Å². The number of carbonyl (C=O) groups is 1. The average Bonchev–Trinajstić information content (AvgIpc) is 3.19. The highest BCUT2D eigenvalue weighted by Gasteiger charge is 2.28. The molecule has 2 aromatic rings. The van der Waals surface area contributed by atoms with Crippen LogP contribution in [0.15, 0.2) is 24.3 Å². The molecule has 1 aromatic heterocycles. The fourth-order valence-corrected chi connectivity index (χ4v) is 5.17. The van der Waals surface area contributed by atoms with Gasteiger partial charge in [-0.15, -0.1) is 10.2 Å². The Balaban J connectivity index is 1.42. The second-order valence-corrected chi connectivity index (χ2v) is 8.49. The Labute approximate surface area is 157 Å². The third-order valence-corrected chi connectivity index (χ3v) is 6.97. The van der Waals surface area contributed by atoms with Crippen LogP contribution >= 0.6 is 11.3 Å². The summed E-state index contributed by atoms with van der Waals surface area (Å²) >= 11 is 1.66. The van der Waals surface area contributed by atoms with Crippen LogP contribution in [-0.4, -0.2) is 34.4 Å².